The molecule has 1 aliphatic heterocycles. The van der Waals surface area contributed by atoms with Gasteiger partial charge in [0.2, 0.25) is 5.88 Å². The van der Waals surface area contributed by atoms with Crippen LogP contribution in [-0.2, 0) is 16.6 Å². The van der Waals surface area contributed by atoms with Crippen LogP contribution in [-0.4, -0.2) is 18.6 Å². The molecule has 2 aromatic carbocycles. The molecule has 0 atom stereocenters. The Morgan fingerprint density at radius 2 is 1.92 bits per heavy atom. The highest BCUT2D eigenvalue weighted by Gasteiger charge is 2.30. The standard InChI is InChI=1S/C17H17N3O4S/c18-7-3-1-2-4-12-5-6-13-10-16(21)15(9-14(13)8-12)20-11-17(22)19-25(20,23)24/h5-6,8-11,19,21-22H,1-4H2. The number of nitrogens with one attached hydrogen (secondary N) is 1. The van der Waals surface area contributed by atoms with Crippen molar-refractivity contribution in [1.82, 2.24) is 4.72 Å². The average molecular weight is 359 g/mol. The number of fused-ring (bicyclic) bond motifs is 1. The summed E-state index contributed by atoms with van der Waals surface area (Å²) in [5.74, 6) is -0.712. The first-order valence-corrected chi connectivity index (χ1v) is 9.20. The maximum Gasteiger partial charge on any atom is 0.330 e. The van der Waals surface area contributed by atoms with Crippen molar-refractivity contribution in [3.8, 4) is 11.8 Å². The third kappa shape index (κ3) is 3.46. The molecule has 0 saturated heterocycles. The number of aliphatic hydroxyl groups excluding tert-OH is 1. The van der Waals surface area contributed by atoms with Crippen LogP contribution in [0.2, 0.25) is 0 Å². The highest BCUT2D eigenvalue weighted by atomic mass is 32.2. The van der Waals surface area contributed by atoms with Crippen LogP contribution in [0.25, 0.3) is 10.8 Å². The number of benzene rings is 2. The molecule has 2 aromatic rings. The fourth-order valence-electron chi connectivity index (χ4n) is 2.78. The number of anilines is 1. The van der Waals surface area contributed by atoms with Crippen LogP contribution in [0.3, 0.4) is 0 Å². The number of aryl methyl sites for hydroxylation is 1. The van der Waals surface area contributed by atoms with E-state index in [0.29, 0.717) is 6.42 Å². The zero-order chi connectivity index (χ0) is 18.0. The Balaban J connectivity index is 1.95. The Labute approximate surface area is 145 Å². The van der Waals surface area contributed by atoms with E-state index in [1.165, 1.54) is 6.07 Å². The number of phenols is 1. The summed E-state index contributed by atoms with van der Waals surface area (Å²) in [6.45, 7) is 0. The van der Waals surface area contributed by atoms with Gasteiger partial charge in [-0.2, -0.15) is 13.7 Å². The van der Waals surface area contributed by atoms with Crippen LogP contribution in [0.1, 0.15) is 24.8 Å². The summed E-state index contributed by atoms with van der Waals surface area (Å²) < 4.78 is 26.7. The van der Waals surface area contributed by atoms with Crippen LogP contribution in [0.4, 0.5) is 5.69 Å². The van der Waals surface area contributed by atoms with Crippen LogP contribution in [0, 0.1) is 11.3 Å². The van der Waals surface area contributed by atoms with Crippen molar-refractivity contribution < 1.29 is 18.6 Å². The van der Waals surface area contributed by atoms with Crippen LogP contribution >= 0.6 is 0 Å². The second-order valence-corrected chi connectivity index (χ2v) is 7.35. The highest BCUT2D eigenvalue weighted by molar-refractivity contribution is 7.91. The predicted molar refractivity (Wildman–Crippen MR) is 94.0 cm³/mol. The first-order chi connectivity index (χ1) is 11.9. The molecule has 0 spiro atoms. The molecule has 0 amide bonds. The first kappa shape index (κ1) is 16.9. The fraction of sp³-hybridized carbons (Fsp3) is 0.235. The zero-order valence-electron chi connectivity index (χ0n) is 13.3. The van der Waals surface area contributed by atoms with E-state index in [0.717, 1.165) is 46.1 Å². The van der Waals surface area contributed by atoms with Crippen LogP contribution < -0.4 is 9.03 Å². The first-order valence-electron chi connectivity index (χ1n) is 7.76. The van der Waals surface area contributed by atoms with Crippen LogP contribution in [0.5, 0.6) is 5.75 Å². The van der Waals surface area contributed by atoms with Gasteiger partial charge < -0.3 is 10.2 Å². The van der Waals surface area contributed by atoms with Gasteiger partial charge in [0.25, 0.3) is 0 Å². The molecule has 3 rings (SSSR count). The number of rotatable bonds is 5. The molecular weight excluding hydrogens is 342 g/mol. The lowest BCUT2D eigenvalue weighted by atomic mass is 10.0. The van der Waals surface area contributed by atoms with Gasteiger partial charge in [-0.3, -0.25) is 0 Å². The van der Waals surface area contributed by atoms with Crippen molar-refractivity contribution in [1.29, 1.82) is 5.26 Å². The van der Waals surface area contributed by atoms with Gasteiger partial charge >= 0.3 is 10.2 Å². The second kappa shape index (κ2) is 6.53. The van der Waals surface area contributed by atoms with E-state index in [9.17, 15) is 18.6 Å². The average Bonchev–Trinajstić information content (AvgIpc) is 2.83. The quantitative estimate of drug-likeness (QED) is 0.710. The van der Waals surface area contributed by atoms with Crippen molar-refractivity contribution in [3.63, 3.8) is 0 Å². The molecule has 1 aliphatic rings. The number of hydrogen-bond acceptors (Lipinski definition) is 5. The Morgan fingerprint density at radius 3 is 2.60 bits per heavy atom. The Hall–Kier alpha value is -2.92. The molecular formula is C17H17N3O4S. The van der Waals surface area contributed by atoms with E-state index < -0.39 is 16.1 Å². The summed E-state index contributed by atoms with van der Waals surface area (Å²) in [7, 11) is -3.96. The number of nitriles is 1. The van der Waals surface area contributed by atoms with Gasteiger partial charge in [-0.05, 0) is 47.7 Å². The lowest BCUT2D eigenvalue weighted by molar-refractivity contribution is 0.392. The maximum atomic E-state index is 12.0. The van der Waals surface area contributed by atoms with E-state index in [1.54, 1.807) is 6.07 Å². The molecule has 7 nitrogen and oxygen atoms in total. The van der Waals surface area contributed by atoms with Crippen LogP contribution in [0.15, 0.2) is 42.4 Å². The molecule has 0 saturated carbocycles. The summed E-state index contributed by atoms with van der Waals surface area (Å²) in [6, 6.07) is 10.9. The van der Waals surface area contributed by atoms with E-state index >= 15 is 0 Å². The van der Waals surface area contributed by atoms with E-state index in [1.807, 2.05) is 22.9 Å². The maximum absolute atomic E-state index is 12.0. The number of nitrogens with zero attached hydrogens (tertiary/aromatic N) is 2. The molecule has 25 heavy (non-hydrogen) atoms. The molecule has 0 fully saturated rings. The van der Waals surface area contributed by atoms with Crippen molar-refractivity contribution in [2.75, 3.05) is 4.31 Å². The van der Waals surface area contributed by atoms with Crippen molar-refractivity contribution in [2.24, 2.45) is 0 Å². The van der Waals surface area contributed by atoms with Gasteiger partial charge in [0, 0.05) is 6.42 Å². The summed E-state index contributed by atoms with van der Waals surface area (Å²) in [6.07, 6.45) is 4.07. The lowest BCUT2D eigenvalue weighted by Gasteiger charge is -2.16. The molecule has 0 radical (unpaired) electrons. The molecule has 3 N–H and O–H groups in total. The zero-order valence-corrected chi connectivity index (χ0v) is 14.1. The minimum absolute atomic E-state index is 0.0608. The summed E-state index contributed by atoms with van der Waals surface area (Å²) in [5.41, 5.74) is 1.13. The third-order valence-corrected chi connectivity index (χ3v) is 5.26. The second-order valence-electron chi connectivity index (χ2n) is 5.80. The van der Waals surface area contributed by atoms with Gasteiger partial charge in [-0.25, -0.2) is 9.03 Å². The van der Waals surface area contributed by atoms with E-state index in [4.69, 9.17) is 5.26 Å². The largest absolute Gasteiger partial charge is 0.506 e. The summed E-state index contributed by atoms with van der Waals surface area (Å²) in [4.78, 5) is 0. The van der Waals surface area contributed by atoms with Gasteiger partial charge in [-0.1, -0.05) is 18.2 Å². The highest BCUT2D eigenvalue weighted by Crippen LogP contribution is 2.35. The van der Waals surface area contributed by atoms with Crippen molar-refractivity contribution in [3.05, 3.63) is 48.0 Å². The van der Waals surface area contributed by atoms with Gasteiger partial charge in [-0.15, -0.1) is 0 Å². The van der Waals surface area contributed by atoms with Crippen molar-refractivity contribution >= 4 is 26.7 Å². The van der Waals surface area contributed by atoms with Gasteiger partial charge in [0.05, 0.1) is 12.3 Å². The molecule has 0 bridgehead atoms. The molecule has 8 heteroatoms. The van der Waals surface area contributed by atoms with Gasteiger partial charge in [0.1, 0.15) is 11.4 Å². The molecule has 0 unspecified atom stereocenters. The normalized spacial score (nSPS) is 15.6. The number of hydrogen-bond donors (Lipinski definition) is 3. The molecule has 0 aliphatic carbocycles. The van der Waals surface area contributed by atoms with Crippen molar-refractivity contribution in [2.45, 2.75) is 25.7 Å². The Kier molecular flexibility index (Phi) is 4.42. The monoisotopic (exact) mass is 359 g/mol. The number of aromatic hydroxyl groups is 1. The SMILES string of the molecule is N#CCCCCc1ccc2cc(O)c(N3C=C(O)NS3(=O)=O)cc2c1. The van der Waals surface area contributed by atoms with E-state index in [-0.39, 0.29) is 11.4 Å². The summed E-state index contributed by atoms with van der Waals surface area (Å²) in [5, 5.41) is 29.7. The Bertz CT molecular complexity index is 993. The Morgan fingerprint density at radius 1 is 1.12 bits per heavy atom. The lowest BCUT2D eigenvalue weighted by Crippen LogP contribution is -2.29. The van der Waals surface area contributed by atoms with Gasteiger partial charge in [0.15, 0.2) is 0 Å². The predicted octanol–water partition coefficient (Wildman–Crippen LogP) is 2.79. The topological polar surface area (TPSA) is 114 Å². The third-order valence-electron chi connectivity index (χ3n) is 3.97. The molecule has 0 aromatic heterocycles. The van der Waals surface area contributed by atoms with E-state index in [2.05, 4.69) is 6.07 Å². The summed E-state index contributed by atoms with van der Waals surface area (Å²) >= 11 is 0. The smallest absolute Gasteiger partial charge is 0.330 e. The molecule has 1 heterocycles. The number of aliphatic hydroxyl groups is 1. The minimum atomic E-state index is -3.96. The number of unbranched alkanes of at least 4 members (excludes halogenated alkanes) is 2. The fourth-order valence-corrected chi connectivity index (χ4v) is 3.83. The molecule has 130 valence electrons. The minimum Gasteiger partial charge on any atom is -0.506 e. The number of phenolic OH excluding ortho intramolecular Hbond substituents is 1.